The summed E-state index contributed by atoms with van der Waals surface area (Å²) in [5.74, 6) is -1.57. The van der Waals surface area contributed by atoms with Crippen molar-refractivity contribution in [3.63, 3.8) is 0 Å². The Morgan fingerprint density at radius 3 is 2.67 bits per heavy atom. The van der Waals surface area contributed by atoms with Gasteiger partial charge in [-0.25, -0.2) is 9.18 Å². The molecule has 1 aromatic rings. The Morgan fingerprint density at radius 1 is 1.58 bits per heavy atom. The molecule has 0 spiro atoms. The highest BCUT2D eigenvalue weighted by Gasteiger charge is 2.11. The van der Waals surface area contributed by atoms with Gasteiger partial charge in [-0.2, -0.15) is 0 Å². The number of carboxylic acid groups (broad SMARTS) is 1. The number of benzene rings is 1. The summed E-state index contributed by atoms with van der Waals surface area (Å²) in [6, 6.07) is 2.75. The second-order valence-corrected chi connectivity index (χ2v) is 3.61. The van der Waals surface area contributed by atoms with Gasteiger partial charge in [-0.05, 0) is 47.2 Å². The van der Waals surface area contributed by atoms with Gasteiger partial charge in [-0.1, -0.05) is 0 Å². The van der Waals surface area contributed by atoms with E-state index in [4.69, 9.17) is 5.11 Å². The Balaban J connectivity index is 3.37. The average molecular weight is 280 g/mol. The molecule has 2 nitrogen and oxygen atoms in total. The lowest BCUT2D eigenvalue weighted by Crippen LogP contribution is -2.02. The first-order chi connectivity index (χ1) is 5.52. The quantitative estimate of drug-likeness (QED) is 0.802. The molecule has 0 saturated carbocycles. The summed E-state index contributed by atoms with van der Waals surface area (Å²) in [6.45, 7) is 1.45. The van der Waals surface area contributed by atoms with Crippen LogP contribution in [0.2, 0.25) is 0 Å². The van der Waals surface area contributed by atoms with Gasteiger partial charge in [0.05, 0.1) is 5.56 Å². The van der Waals surface area contributed by atoms with Crippen LogP contribution in [-0.4, -0.2) is 11.1 Å². The summed E-state index contributed by atoms with van der Waals surface area (Å²) in [7, 11) is 0. The summed E-state index contributed by atoms with van der Waals surface area (Å²) in [4.78, 5) is 10.6. The molecule has 1 N–H and O–H groups in total. The SMILES string of the molecule is Cc1c(F)cc(I)cc1C(=O)O. The first-order valence-corrected chi connectivity index (χ1v) is 4.29. The molecule has 0 aliphatic carbocycles. The minimum atomic E-state index is -1.09. The van der Waals surface area contributed by atoms with Crippen molar-refractivity contribution in [1.82, 2.24) is 0 Å². The fourth-order valence-corrected chi connectivity index (χ4v) is 1.45. The monoisotopic (exact) mass is 280 g/mol. The third-order valence-corrected chi connectivity index (χ3v) is 2.16. The third kappa shape index (κ3) is 1.74. The molecule has 0 aliphatic heterocycles. The van der Waals surface area contributed by atoms with Crippen LogP contribution in [0.1, 0.15) is 15.9 Å². The zero-order valence-electron chi connectivity index (χ0n) is 6.27. The highest BCUT2D eigenvalue weighted by atomic mass is 127. The van der Waals surface area contributed by atoms with Crippen molar-refractivity contribution in [2.24, 2.45) is 0 Å². The molecule has 0 fully saturated rings. The van der Waals surface area contributed by atoms with Crippen LogP contribution in [0.25, 0.3) is 0 Å². The Labute approximate surface area is 82.5 Å². The van der Waals surface area contributed by atoms with Crippen LogP contribution < -0.4 is 0 Å². The normalized spacial score (nSPS) is 9.92. The van der Waals surface area contributed by atoms with Crippen molar-refractivity contribution < 1.29 is 14.3 Å². The largest absolute Gasteiger partial charge is 0.478 e. The average Bonchev–Trinajstić information content (AvgIpc) is 1.96. The van der Waals surface area contributed by atoms with Crippen LogP contribution in [0.3, 0.4) is 0 Å². The lowest BCUT2D eigenvalue weighted by atomic mass is 10.1. The molecule has 0 aromatic heterocycles. The van der Waals surface area contributed by atoms with Crippen molar-refractivity contribution in [1.29, 1.82) is 0 Å². The van der Waals surface area contributed by atoms with Gasteiger partial charge in [-0.15, -0.1) is 0 Å². The van der Waals surface area contributed by atoms with Gasteiger partial charge in [0.2, 0.25) is 0 Å². The topological polar surface area (TPSA) is 37.3 Å². The number of aromatic carboxylic acids is 1. The molecule has 4 heteroatoms. The number of halogens is 2. The molecule has 0 bridgehead atoms. The standard InChI is InChI=1S/C8H6FIO2/c1-4-6(8(11)12)2-5(10)3-7(4)9/h2-3H,1H3,(H,11,12). The molecule has 0 heterocycles. The zero-order chi connectivity index (χ0) is 9.30. The van der Waals surface area contributed by atoms with E-state index in [2.05, 4.69) is 0 Å². The van der Waals surface area contributed by atoms with E-state index < -0.39 is 11.8 Å². The van der Waals surface area contributed by atoms with Gasteiger partial charge in [0, 0.05) is 3.57 Å². The molecule has 1 rings (SSSR count). The molecular weight excluding hydrogens is 274 g/mol. The minimum Gasteiger partial charge on any atom is -0.478 e. The molecule has 0 atom stereocenters. The van der Waals surface area contributed by atoms with Crippen LogP contribution in [0.15, 0.2) is 12.1 Å². The first-order valence-electron chi connectivity index (χ1n) is 3.21. The summed E-state index contributed by atoms with van der Waals surface area (Å²) < 4.78 is 13.5. The van der Waals surface area contributed by atoms with Crippen molar-refractivity contribution in [3.8, 4) is 0 Å². The second kappa shape index (κ2) is 3.38. The maximum atomic E-state index is 12.9. The molecule has 64 valence electrons. The first kappa shape index (κ1) is 9.44. The number of carboxylic acids is 1. The van der Waals surface area contributed by atoms with Crippen molar-refractivity contribution >= 4 is 28.6 Å². The van der Waals surface area contributed by atoms with Crippen LogP contribution in [0.4, 0.5) is 4.39 Å². The summed E-state index contributed by atoms with van der Waals surface area (Å²) in [5.41, 5.74) is 0.210. The fraction of sp³-hybridized carbons (Fsp3) is 0.125. The van der Waals surface area contributed by atoms with Gasteiger partial charge < -0.3 is 5.11 Å². The van der Waals surface area contributed by atoms with Crippen LogP contribution in [-0.2, 0) is 0 Å². The summed E-state index contributed by atoms with van der Waals surface area (Å²) in [6.07, 6.45) is 0. The van der Waals surface area contributed by atoms with E-state index in [9.17, 15) is 9.18 Å². The maximum absolute atomic E-state index is 12.9. The summed E-state index contributed by atoms with van der Waals surface area (Å²) >= 11 is 1.88. The van der Waals surface area contributed by atoms with E-state index in [-0.39, 0.29) is 11.1 Å². The third-order valence-electron chi connectivity index (χ3n) is 1.54. The molecule has 0 unspecified atom stereocenters. The van der Waals surface area contributed by atoms with Gasteiger partial charge in [-0.3, -0.25) is 0 Å². The Morgan fingerprint density at radius 2 is 2.17 bits per heavy atom. The molecule has 12 heavy (non-hydrogen) atoms. The number of rotatable bonds is 1. The van der Waals surface area contributed by atoms with E-state index in [0.717, 1.165) is 0 Å². The predicted molar refractivity (Wildman–Crippen MR) is 50.8 cm³/mol. The van der Waals surface area contributed by atoms with Crippen LogP contribution in [0.5, 0.6) is 0 Å². The van der Waals surface area contributed by atoms with E-state index >= 15 is 0 Å². The van der Waals surface area contributed by atoms with Gasteiger partial charge in [0.25, 0.3) is 0 Å². The fourth-order valence-electron chi connectivity index (χ4n) is 0.868. The number of hydrogen-bond acceptors (Lipinski definition) is 1. The van der Waals surface area contributed by atoms with Gasteiger partial charge in [0.1, 0.15) is 5.82 Å². The van der Waals surface area contributed by atoms with Crippen molar-refractivity contribution in [3.05, 3.63) is 32.6 Å². The van der Waals surface area contributed by atoms with Gasteiger partial charge >= 0.3 is 5.97 Å². The Bertz CT molecular complexity index is 336. The molecule has 0 saturated heterocycles. The highest BCUT2D eigenvalue weighted by Crippen LogP contribution is 2.16. The smallest absolute Gasteiger partial charge is 0.336 e. The highest BCUT2D eigenvalue weighted by molar-refractivity contribution is 14.1. The molecular formula is C8H6FIO2. The minimum absolute atomic E-state index is 0.0272. The number of hydrogen-bond donors (Lipinski definition) is 1. The predicted octanol–water partition coefficient (Wildman–Crippen LogP) is 2.44. The zero-order valence-corrected chi connectivity index (χ0v) is 8.42. The van der Waals surface area contributed by atoms with Crippen molar-refractivity contribution in [2.75, 3.05) is 0 Å². The molecule has 1 aromatic carbocycles. The molecule has 0 amide bonds. The van der Waals surface area contributed by atoms with Crippen LogP contribution in [0, 0.1) is 16.3 Å². The molecule has 0 radical (unpaired) electrons. The lowest BCUT2D eigenvalue weighted by Gasteiger charge is -2.02. The van der Waals surface area contributed by atoms with E-state index in [0.29, 0.717) is 3.57 Å². The Hall–Kier alpha value is -0.650. The number of carbonyl (C=O) groups is 1. The van der Waals surface area contributed by atoms with E-state index in [1.165, 1.54) is 19.1 Å². The van der Waals surface area contributed by atoms with Crippen LogP contribution >= 0.6 is 22.6 Å². The lowest BCUT2D eigenvalue weighted by molar-refractivity contribution is 0.0695. The molecule has 0 aliphatic rings. The van der Waals surface area contributed by atoms with Gasteiger partial charge in [0.15, 0.2) is 0 Å². The Kier molecular flexibility index (Phi) is 2.66. The van der Waals surface area contributed by atoms with E-state index in [1.807, 2.05) is 22.6 Å². The van der Waals surface area contributed by atoms with Crippen molar-refractivity contribution in [2.45, 2.75) is 6.92 Å². The summed E-state index contributed by atoms with van der Waals surface area (Å²) in [5, 5.41) is 8.64. The van der Waals surface area contributed by atoms with E-state index in [1.54, 1.807) is 0 Å². The second-order valence-electron chi connectivity index (χ2n) is 2.37. The maximum Gasteiger partial charge on any atom is 0.336 e.